The Bertz CT molecular complexity index is 27.7. The van der Waals surface area contributed by atoms with Crippen LogP contribution in [-0.4, -0.2) is 6.54 Å². The van der Waals surface area contributed by atoms with Crippen molar-refractivity contribution >= 4 is 0 Å². The standard InChI is InChI=1S/C6H15N.H2/c1-2-3-4-5-6-7;/h2-7H2,1H3;1H. The molecule has 0 aliphatic carbocycles. The normalized spacial score (nSPS) is 9.43. The predicted molar refractivity (Wildman–Crippen MR) is 35.3 cm³/mol. The first-order valence-corrected chi connectivity index (χ1v) is 3.12. The first-order valence-electron chi connectivity index (χ1n) is 3.12. The van der Waals surface area contributed by atoms with Crippen LogP contribution in [0.3, 0.4) is 0 Å². The highest BCUT2D eigenvalue weighted by atomic mass is 14.5. The summed E-state index contributed by atoms with van der Waals surface area (Å²) in [6.07, 6.45) is 5.16. The first-order chi connectivity index (χ1) is 3.41. The van der Waals surface area contributed by atoms with E-state index in [0.29, 0.717) is 0 Å². The SMILES string of the molecule is CCCCCCN.[HH]. The summed E-state index contributed by atoms with van der Waals surface area (Å²) in [5, 5.41) is 0. The van der Waals surface area contributed by atoms with Crippen LogP contribution in [0.25, 0.3) is 0 Å². The van der Waals surface area contributed by atoms with Crippen LogP contribution in [0.1, 0.15) is 34.0 Å². The third-order valence-electron chi connectivity index (χ3n) is 1.06. The summed E-state index contributed by atoms with van der Waals surface area (Å²) in [5.41, 5.74) is 5.27. The highest BCUT2D eigenvalue weighted by Crippen LogP contribution is 1.95. The molecule has 2 N–H and O–H groups in total. The van der Waals surface area contributed by atoms with Gasteiger partial charge in [0.25, 0.3) is 0 Å². The molecular formula is C6H17N. The van der Waals surface area contributed by atoms with Gasteiger partial charge in [-0.2, -0.15) is 0 Å². The Labute approximate surface area is 47.4 Å². The Kier molecular flexibility index (Phi) is 5.93. The molecule has 0 aromatic rings. The summed E-state index contributed by atoms with van der Waals surface area (Å²) in [6, 6.07) is 0. The monoisotopic (exact) mass is 103 g/mol. The van der Waals surface area contributed by atoms with Gasteiger partial charge in [0.15, 0.2) is 0 Å². The van der Waals surface area contributed by atoms with Gasteiger partial charge in [-0.25, -0.2) is 0 Å². The molecule has 0 unspecified atom stereocenters. The van der Waals surface area contributed by atoms with E-state index in [4.69, 9.17) is 5.73 Å². The Balaban J connectivity index is 0. The van der Waals surface area contributed by atoms with E-state index < -0.39 is 0 Å². The first kappa shape index (κ1) is 6.96. The second-order valence-corrected chi connectivity index (χ2v) is 1.85. The van der Waals surface area contributed by atoms with Crippen molar-refractivity contribution in [1.82, 2.24) is 0 Å². The Morgan fingerprint density at radius 3 is 2.43 bits per heavy atom. The highest BCUT2D eigenvalue weighted by Gasteiger charge is 1.80. The fourth-order valence-corrected chi connectivity index (χ4v) is 0.571. The van der Waals surface area contributed by atoms with E-state index in [-0.39, 0.29) is 1.43 Å². The van der Waals surface area contributed by atoms with Gasteiger partial charge in [-0.3, -0.25) is 0 Å². The van der Waals surface area contributed by atoms with E-state index in [2.05, 4.69) is 6.92 Å². The zero-order valence-electron chi connectivity index (χ0n) is 5.11. The Morgan fingerprint density at radius 1 is 1.29 bits per heavy atom. The molecule has 0 amide bonds. The molecule has 0 spiro atoms. The molecule has 0 aromatic heterocycles. The van der Waals surface area contributed by atoms with Crippen molar-refractivity contribution in [1.29, 1.82) is 0 Å². The van der Waals surface area contributed by atoms with Gasteiger partial charge in [0.05, 0.1) is 0 Å². The molecule has 0 fully saturated rings. The molecule has 0 aliphatic rings. The number of rotatable bonds is 4. The average Bonchev–Trinajstić information content (AvgIpc) is 1.69. The van der Waals surface area contributed by atoms with Crippen molar-refractivity contribution in [3.63, 3.8) is 0 Å². The van der Waals surface area contributed by atoms with Gasteiger partial charge in [-0.1, -0.05) is 26.2 Å². The quantitative estimate of drug-likeness (QED) is 0.539. The molecule has 0 atom stereocenters. The van der Waals surface area contributed by atoms with Crippen molar-refractivity contribution in [2.45, 2.75) is 32.6 Å². The second kappa shape index (κ2) is 5.96. The van der Waals surface area contributed by atoms with E-state index in [9.17, 15) is 0 Å². The van der Waals surface area contributed by atoms with Gasteiger partial charge in [0.2, 0.25) is 0 Å². The minimum Gasteiger partial charge on any atom is -0.330 e. The van der Waals surface area contributed by atoms with E-state index in [1.54, 1.807) is 0 Å². The van der Waals surface area contributed by atoms with Crippen molar-refractivity contribution in [2.75, 3.05) is 6.54 Å². The van der Waals surface area contributed by atoms with Gasteiger partial charge in [0.1, 0.15) is 0 Å². The summed E-state index contributed by atoms with van der Waals surface area (Å²) < 4.78 is 0. The molecule has 0 saturated heterocycles. The lowest BCUT2D eigenvalue weighted by Crippen LogP contribution is -1.97. The van der Waals surface area contributed by atoms with Gasteiger partial charge in [-0.15, -0.1) is 0 Å². The number of hydrogen-bond donors (Lipinski definition) is 1. The van der Waals surface area contributed by atoms with Crippen molar-refractivity contribution in [3.05, 3.63) is 0 Å². The minimum atomic E-state index is 0. The van der Waals surface area contributed by atoms with E-state index in [1.807, 2.05) is 0 Å². The second-order valence-electron chi connectivity index (χ2n) is 1.85. The van der Waals surface area contributed by atoms with Crippen LogP contribution in [0.2, 0.25) is 0 Å². The summed E-state index contributed by atoms with van der Waals surface area (Å²) in [5.74, 6) is 0. The fraction of sp³-hybridized carbons (Fsp3) is 1.00. The van der Waals surface area contributed by atoms with E-state index in [1.165, 1.54) is 25.7 Å². The van der Waals surface area contributed by atoms with Gasteiger partial charge in [0, 0.05) is 1.43 Å². The smallest absolute Gasteiger partial charge is 0 e. The van der Waals surface area contributed by atoms with Crippen LogP contribution in [0.4, 0.5) is 0 Å². The number of nitrogens with two attached hydrogens (primary N) is 1. The molecule has 7 heavy (non-hydrogen) atoms. The van der Waals surface area contributed by atoms with Crippen molar-refractivity contribution in [3.8, 4) is 0 Å². The highest BCUT2D eigenvalue weighted by molar-refractivity contribution is 4.38. The van der Waals surface area contributed by atoms with Crippen LogP contribution in [0, 0.1) is 0 Å². The predicted octanol–water partition coefficient (Wildman–Crippen LogP) is 1.77. The molecular weight excluding hydrogens is 86.1 g/mol. The van der Waals surface area contributed by atoms with Crippen molar-refractivity contribution < 1.29 is 1.43 Å². The van der Waals surface area contributed by atoms with E-state index >= 15 is 0 Å². The lowest BCUT2D eigenvalue weighted by Gasteiger charge is -1.90. The minimum absolute atomic E-state index is 0. The fourth-order valence-electron chi connectivity index (χ4n) is 0.571. The molecule has 0 aromatic carbocycles. The lowest BCUT2D eigenvalue weighted by molar-refractivity contribution is 0.674. The summed E-state index contributed by atoms with van der Waals surface area (Å²) >= 11 is 0. The maximum Gasteiger partial charge on any atom is 0 e. The zero-order chi connectivity index (χ0) is 5.54. The third kappa shape index (κ3) is 5.96. The summed E-state index contributed by atoms with van der Waals surface area (Å²) in [6.45, 7) is 3.07. The summed E-state index contributed by atoms with van der Waals surface area (Å²) in [4.78, 5) is 0. The Hall–Kier alpha value is -0.0400. The maximum absolute atomic E-state index is 5.27. The third-order valence-corrected chi connectivity index (χ3v) is 1.06. The van der Waals surface area contributed by atoms with Gasteiger partial charge < -0.3 is 5.73 Å². The van der Waals surface area contributed by atoms with Gasteiger partial charge >= 0.3 is 0 Å². The van der Waals surface area contributed by atoms with Crippen molar-refractivity contribution in [2.24, 2.45) is 5.73 Å². The lowest BCUT2D eigenvalue weighted by atomic mass is 10.2. The summed E-state index contributed by atoms with van der Waals surface area (Å²) in [7, 11) is 0. The maximum atomic E-state index is 5.27. The topological polar surface area (TPSA) is 26.0 Å². The molecule has 0 saturated carbocycles. The molecule has 46 valence electrons. The molecule has 0 radical (unpaired) electrons. The van der Waals surface area contributed by atoms with Crippen LogP contribution in [0.5, 0.6) is 0 Å². The van der Waals surface area contributed by atoms with Crippen LogP contribution in [0.15, 0.2) is 0 Å². The average molecular weight is 103 g/mol. The van der Waals surface area contributed by atoms with Gasteiger partial charge in [-0.05, 0) is 13.0 Å². The molecule has 0 heterocycles. The molecule has 0 bridgehead atoms. The molecule has 0 rings (SSSR count). The van der Waals surface area contributed by atoms with Crippen LogP contribution in [-0.2, 0) is 0 Å². The number of unbranched alkanes of at least 4 members (excludes halogenated alkanes) is 3. The Morgan fingerprint density at radius 2 is 2.00 bits per heavy atom. The van der Waals surface area contributed by atoms with Crippen LogP contribution < -0.4 is 5.73 Å². The number of hydrogen-bond acceptors (Lipinski definition) is 1. The largest absolute Gasteiger partial charge is 0.330 e. The van der Waals surface area contributed by atoms with Crippen LogP contribution >= 0.6 is 0 Å². The zero-order valence-corrected chi connectivity index (χ0v) is 5.11. The van der Waals surface area contributed by atoms with E-state index in [0.717, 1.165) is 6.54 Å². The molecule has 0 aliphatic heterocycles. The molecule has 1 heteroatoms. The molecule has 1 nitrogen and oxygen atoms in total.